The van der Waals surface area contributed by atoms with Gasteiger partial charge in [0.05, 0.1) is 21.8 Å². The van der Waals surface area contributed by atoms with Crippen molar-refractivity contribution in [2.24, 2.45) is 0 Å². The molecule has 0 radical (unpaired) electrons. The fourth-order valence-corrected chi connectivity index (χ4v) is 4.71. The van der Waals surface area contributed by atoms with E-state index in [1.165, 1.54) is 24.3 Å². The summed E-state index contributed by atoms with van der Waals surface area (Å²) < 4.78 is 67.5. The van der Waals surface area contributed by atoms with Crippen LogP contribution in [0.15, 0.2) is 83.8 Å². The molecule has 0 aromatic heterocycles. The highest BCUT2D eigenvalue weighted by atomic mass is 32.2. The van der Waals surface area contributed by atoms with E-state index < -0.39 is 39.9 Å². The largest absolute Gasteiger partial charge is 0.418 e. The molecule has 0 atom stereocenters. The second-order valence-corrected chi connectivity index (χ2v) is 8.76. The second kappa shape index (κ2) is 9.44. The van der Waals surface area contributed by atoms with Gasteiger partial charge in [0.15, 0.2) is 0 Å². The molecular formula is C23H21F3N2O3S. The first-order valence-corrected chi connectivity index (χ1v) is 11.2. The Kier molecular flexibility index (Phi) is 6.88. The average Bonchev–Trinajstić information content (AvgIpc) is 2.77. The smallest absolute Gasteiger partial charge is 0.324 e. The second-order valence-electron chi connectivity index (χ2n) is 6.90. The van der Waals surface area contributed by atoms with Crippen molar-refractivity contribution in [2.45, 2.75) is 24.4 Å². The lowest BCUT2D eigenvalue weighted by Crippen LogP contribution is -2.39. The van der Waals surface area contributed by atoms with Crippen LogP contribution in [0.1, 0.15) is 18.1 Å². The van der Waals surface area contributed by atoms with Gasteiger partial charge in [0.25, 0.3) is 10.0 Å². The number of aryl methyl sites for hydroxylation is 1. The number of hydrogen-bond donors (Lipinski definition) is 1. The Balaban J connectivity index is 2.00. The number of sulfonamides is 1. The van der Waals surface area contributed by atoms with Crippen molar-refractivity contribution in [1.82, 2.24) is 0 Å². The minimum absolute atomic E-state index is 0.0330. The minimum atomic E-state index is -4.67. The van der Waals surface area contributed by atoms with Crippen LogP contribution in [0, 0.1) is 0 Å². The number of halogens is 3. The van der Waals surface area contributed by atoms with Crippen LogP contribution >= 0.6 is 0 Å². The third-order valence-corrected chi connectivity index (χ3v) is 6.54. The number of nitrogens with zero attached hydrogens (tertiary/aromatic N) is 1. The van der Waals surface area contributed by atoms with Gasteiger partial charge >= 0.3 is 6.18 Å². The summed E-state index contributed by atoms with van der Waals surface area (Å²) in [5, 5.41) is 2.21. The number of alkyl halides is 3. The van der Waals surface area contributed by atoms with Gasteiger partial charge in [-0.25, -0.2) is 8.42 Å². The molecule has 0 bridgehead atoms. The Morgan fingerprint density at radius 1 is 0.906 bits per heavy atom. The molecular weight excluding hydrogens is 441 g/mol. The molecule has 32 heavy (non-hydrogen) atoms. The molecule has 0 aliphatic heterocycles. The van der Waals surface area contributed by atoms with Crippen LogP contribution in [-0.2, 0) is 27.4 Å². The van der Waals surface area contributed by atoms with Crippen LogP contribution < -0.4 is 9.62 Å². The van der Waals surface area contributed by atoms with E-state index in [-0.39, 0.29) is 10.6 Å². The molecule has 3 aromatic rings. The molecule has 1 N–H and O–H groups in total. The van der Waals surface area contributed by atoms with Gasteiger partial charge < -0.3 is 5.32 Å². The van der Waals surface area contributed by atoms with Gasteiger partial charge in [0, 0.05) is 0 Å². The Hall–Kier alpha value is -3.33. The van der Waals surface area contributed by atoms with E-state index in [1.54, 1.807) is 42.5 Å². The van der Waals surface area contributed by atoms with Crippen molar-refractivity contribution >= 4 is 27.3 Å². The van der Waals surface area contributed by atoms with Crippen molar-refractivity contribution in [3.05, 3.63) is 90.0 Å². The summed E-state index contributed by atoms with van der Waals surface area (Å²) in [6.07, 6.45) is -4.18. The number of rotatable bonds is 7. The lowest BCUT2D eigenvalue weighted by atomic mass is 10.1. The zero-order valence-electron chi connectivity index (χ0n) is 17.1. The number of amides is 1. The summed E-state index contributed by atoms with van der Waals surface area (Å²) in [5.74, 6) is -0.896. The number of anilines is 2. The highest BCUT2D eigenvalue weighted by Crippen LogP contribution is 2.35. The number of para-hydroxylation sites is 2. The zero-order valence-corrected chi connectivity index (χ0v) is 18.0. The molecule has 0 heterocycles. The van der Waals surface area contributed by atoms with Gasteiger partial charge in [0.2, 0.25) is 5.91 Å². The maximum Gasteiger partial charge on any atom is 0.418 e. The number of carbonyl (C=O) groups excluding carboxylic acids is 1. The number of hydrogen-bond acceptors (Lipinski definition) is 3. The number of carbonyl (C=O) groups is 1. The maximum absolute atomic E-state index is 13.4. The van der Waals surface area contributed by atoms with Crippen LogP contribution in [0.5, 0.6) is 0 Å². The Morgan fingerprint density at radius 2 is 1.50 bits per heavy atom. The average molecular weight is 462 g/mol. The zero-order chi connectivity index (χ0) is 23.4. The standard InChI is InChI=1S/C23H21F3N2O3S/c1-2-17-10-6-9-15-21(17)28(32(30,31)18-11-4-3-5-12-18)16-22(29)27-20-14-8-7-13-19(20)23(24,25)26/h3-15H,2,16H2,1H3,(H,27,29). The summed E-state index contributed by atoms with van der Waals surface area (Å²) in [4.78, 5) is 12.7. The van der Waals surface area contributed by atoms with E-state index in [1.807, 2.05) is 6.92 Å². The van der Waals surface area contributed by atoms with Crippen LogP contribution in [0.4, 0.5) is 24.5 Å². The predicted octanol–water partition coefficient (Wildman–Crippen LogP) is 5.10. The highest BCUT2D eigenvalue weighted by Gasteiger charge is 2.34. The summed E-state index contributed by atoms with van der Waals surface area (Å²) in [6, 6.07) is 18.8. The lowest BCUT2D eigenvalue weighted by Gasteiger charge is -2.26. The SMILES string of the molecule is CCc1ccccc1N(CC(=O)Nc1ccccc1C(F)(F)F)S(=O)(=O)c1ccccc1. The van der Waals surface area contributed by atoms with Crippen LogP contribution in [0.25, 0.3) is 0 Å². The fraction of sp³-hybridized carbons (Fsp3) is 0.174. The quantitative estimate of drug-likeness (QED) is 0.531. The van der Waals surface area contributed by atoms with Crippen LogP contribution in [0.3, 0.4) is 0 Å². The first-order valence-electron chi connectivity index (χ1n) is 9.76. The number of benzene rings is 3. The van der Waals surface area contributed by atoms with E-state index in [2.05, 4.69) is 5.32 Å². The van der Waals surface area contributed by atoms with Crippen molar-refractivity contribution in [1.29, 1.82) is 0 Å². The fourth-order valence-electron chi connectivity index (χ4n) is 3.23. The van der Waals surface area contributed by atoms with Crippen molar-refractivity contribution < 1.29 is 26.4 Å². The molecule has 3 rings (SSSR count). The van der Waals surface area contributed by atoms with Gasteiger partial charge in [-0.05, 0) is 42.3 Å². The van der Waals surface area contributed by atoms with Gasteiger partial charge in [-0.1, -0.05) is 55.5 Å². The molecule has 0 fully saturated rings. The molecule has 168 valence electrons. The molecule has 0 spiro atoms. The van der Waals surface area contributed by atoms with Gasteiger partial charge in [-0.2, -0.15) is 13.2 Å². The van der Waals surface area contributed by atoms with E-state index in [0.29, 0.717) is 12.0 Å². The molecule has 3 aromatic carbocycles. The molecule has 5 nitrogen and oxygen atoms in total. The Bertz CT molecular complexity index is 1200. The molecule has 1 amide bonds. The van der Waals surface area contributed by atoms with Crippen molar-refractivity contribution in [3.63, 3.8) is 0 Å². The molecule has 0 saturated heterocycles. The molecule has 0 unspecified atom stereocenters. The van der Waals surface area contributed by atoms with Crippen LogP contribution in [0.2, 0.25) is 0 Å². The molecule has 0 aliphatic rings. The van der Waals surface area contributed by atoms with Crippen molar-refractivity contribution in [3.8, 4) is 0 Å². The lowest BCUT2D eigenvalue weighted by molar-refractivity contribution is -0.137. The molecule has 0 aliphatic carbocycles. The normalized spacial score (nSPS) is 11.8. The molecule has 9 heteroatoms. The van der Waals surface area contributed by atoms with Gasteiger partial charge in [0.1, 0.15) is 6.54 Å². The third kappa shape index (κ3) is 5.11. The first-order chi connectivity index (χ1) is 15.1. The Morgan fingerprint density at radius 3 is 2.16 bits per heavy atom. The molecule has 0 saturated carbocycles. The Labute approximate surface area is 184 Å². The summed E-state index contributed by atoms with van der Waals surface area (Å²) in [7, 11) is -4.16. The van der Waals surface area contributed by atoms with Gasteiger partial charge in [-0.15, -0.1) is 0 Å². The topological polar surface area (TPSA) is 66.5 Å². The summed E-state index contributed by atoms with van der Waals surface area (Å²) >= 11 is 0. The monoisotopic (exact) mass is 462 g/mol. The minimum Gasteiger partial charge on any atom is -0.324 e. The van der Waals surface area contributed by atoms with Crippen molar-refractivity contribution in [2.75, 3.05) is 16.2 Å². The number of nitrogens with one attached hydrogen (secondary N) is 1. The predicted molar refractivity (Wildman–Crippen MR) is 117 cm³/mol. The highest BCUT2D eigenvalue weighted by molar-refractivity contribution is 7.92. The van der Waals surface area contributed by atoms with E-state index in [9.17, 15) is 26.4 Å². The van der Waals surface area contributed by atoms with E-state index in [0.717, 1.165) is 16.4 Å². The maximum atomic E-state index is 13.4. The summed E-state index contributed by atoms with van der Waals surface area (Å²) in [5.41, 5.74) is -0.487. The van der Waals surface area contributed by atoms with Crippen LogP contribution in [-0.4, -0.2) is 20.9 Å². The van der Waals surface area contributed by atoms with E-state index >= 15 is 0 Å². The summed E-state index contributed by atoms with van der Waals surface area (Å²) in [6.45, 7) is 1.15. The van der Waals surface area contributed by atoms with E-state index in [4.69, 9.17) is 0 Å². The first kappa shape index (κ1) is 23.3. The third-order valence-electron chi connectivity index (χ3n) is 4.77. The van der Waals surface area contributed by atoms with Gasteiger partial charge in [-0.3, -0.25) is 9.10 Å².